The third kappa shape index (κ3) is 1.45. The molecular weight excluding hydrogens is 204 g/mol. The predicted molar refractivity (Wildman–Crippen MR) is 61.6 cm³/mol. The summed E-state index contributed by atoms with van der Waals surface area (Å²) < 4.78 is 0. The van der Waals surface area contributed by atoms with Crippen LogP contribution < -0.4 is 4.90 Å². The Morgan fingerprint density at radius 3 is 2.19 bits per heavy atom. The van der Waals surface area contributed by atoms with Crippen LogP contribution in [0.2, 0.25) is 0 Å². The van der Waals surface area contributed by atoms with Crippen LogP contribution in [0.25, 0.3) is 0 Å². The Kier molecular flexibility index (Phi) is 2.09. The van der Waals surface area contributed by atoms with Crippen molar-refractivity contribution in [3.63, 3.8) is 0 Å². The number of hydrogen-bond donors (Lipinski definition) is 0. The van der Waals surface area contributed by atoms with Gasteiger partial charge in [0.05, 0.1) is 4.92 Å². The smallest absolute Gasteiger partial charge is 0.269 e. The lowest BCUT2D eigenvalue weighted by Gasteiger charge is -2.04. The number of hydrogen-bond acceptors (Lipinski definition) is 3. The standard InChI is InChI=1S/C12H14N2O2/c15-14(16)10-7-5-9(6-8-10)13-11-3-1-2-4-12(11)13/h5-8,11-12H,1-4H2/t11-,12+,13?. The van der Waals surface area contributed by atoms with Crippen LogP contribution in [0.1, 0.15) is 25.7 Å². The minimum absolute atomic E-state index is 0.175. The molecule has 16 heavy (non-hydrogen) atoms. The Morgan fingerprint density at radius 2 is 1.69 bits per heavy atom. The minimum Gasteiger partial charge on any atom is -0.361 e. The highest BCUT2D eigenvalue weighted by Crippen LogP contribution is 2.44. The van der Waals surface area contributed by atoms with Gasteiger partial charge in [0, 0.05) is 29.9 Å². The first kappa shape index (κ1) is 9.63. The molecule has 1 aliphatic heterocycles. The lowest BCUT2D eigenvalue weighted by molar-refractivity contribution is -0.384. The normalized spacial score (nSPS) is 27.4. The molecule has 2 aliphatic rings. The number of nitro benzene ring substituents is 1. The summed E-state index contributed by atoms with van der Waals surface area (Å²) in [6.07, 6.45) is 5.21. The molecule has 0 aromatic heterocycles. The van der Waals surface area contributed by atoms with Gasteiger partial charge >= 0.3 is 0 Å². The zero-order valence-corrected chi connectivity index (χ0v) is 9.00. The Bertz CT molecular complexity index is 404. The summed E-state index contributed by atoms with van der Waals surface area (Å²) >= 11 is 0. The number of anilines is 1. The van der Waals surface area contributed by atoms with Gasteiger partial charge in [0.1, 0.15) is 0 Å². The van der Waals surface area contributed by atoms with Crippen LogP contribution in [-0.4, -0.2) is 17.0 Å². The molecule has 1 saturated carbocycles. The van der Waals surface area contributed by atoms with Gasteiger partial charge in [-0.05, 0) is 25.0 Å². The SMILES string of the molecule is O=[N+]([O-])c1ccc(N2[C@@H]3CCCC[C@@H]32)cc1. The molecule has 4 nitrogen and oxygen atoms in total. The molecule has 1 aromatic rings. The number of benzene rings is 1. The molecular formula is C12H14N2O2. The summed E-state index contributed by atoms with van der Waals surface area (Å²) in [5.41, 5.74) is 1.32. The maximum absolute atomic E-state index is 10.5. The van der Waals surface area contributed by atoms with Gasteiger partial charge in [-0.2, -0.15) is 0 Å². The van der Waals surface area contributed by atoms with Crippen molar-refractivity contribution in [2.24, 2.45) is 0 Å². The molecule has 2 fully saturated rings. The fourth-order valence-corrected chi connectivity index (χ4v) is 2.83. The largest absolute Gasteiger partial charge is 0.361 e. The van der Waals surface area contributed by atoms with E-state index in [2.05, 4.69) is 4.90 Å². The van der Waals surface area contributed by atoms with E-state index in [1.807, 2.05) is 12.1 Å². The van der Waals surface area contributed by atoms with E-state index >= 15 is 0 Å². The van der Waals surface area contributed by atoms with Crippen LogP contribution in [0, 0.1) is 10.1 Å². The van der Waals surface area contributed by atoms with Crippen LogP contribution in [0.5, 0.6) is 0 Å². The van der Waals surface area contributed by atoms with Crippen molar-refractivity contribution in [2.45, 2.75) is 37.8 Å². The lowest BCUT2D eigenvalue weighted by Crippen LogP contribution is -2.00. The molecule has 84 valence electrons. The molecule has 0 radical (unpaired) electrons. The third-order valence-corrected chi connectivity index (χ3v) is 3.68. The zero-order valence-electron chi connectivity index (χ0n) is 9.00. The molecule has 1 aliphatic carbocycles. The van der Waals surface area contributed by atoms with Crippen LogP contribution in [-0.2, 0) is 0 Å². The van der Waals surface area contributed by atoms with Gasteiger partial charge < -0.3 is 4.90 Å². The molecule has 1 heterocycles. The molecule has 1 saturated heterocycles. The highest BCUT2D eigenvalue weighted by Gasteiger charge is 2.48. The number of non-ortho nitro benzene ring substituents is 1. The van der Waals surface area contributed by atoms with Gasteiger partial charge in [0.25, 0.3) is 5.69 Å². The van der Waals surface area contributed by atoms with Crippen molar-refractivity contribution in [1.29, 1.82) is 0 Å². The molecule has 2 atom stereocenters. The Hall–Kier alpha value is -1.58. The first-order valence-corrected chi connectivity index (χ1v) is 5.80. The summed E-state index contributed by atoms with van der Waals surface area (Å²) in [5.74, 6) is 0. The molecule has 0 spiro atoms. The van der Waals surface area contributed by atoms with Gasteiger partial charge in [-0.1, -0.05) is 12.8 Å². The van der Waals surface area contributed by atoms with Crippen LogP contribution in [0.3, 0.4) is 0 Å². The zero-order chi connectivity index (χ0) is 11.1. The average Bonchev–Trinajstić information content (AvgIpc) is 3.03. The van der Waals surface area contributed by atoms with Gasteiger partial charge in [0.2, 0.25) is 0 Å². The topological polar surface area (TPSA) is 46.1 Å². The first-order chi connectivity index (χ1) is 7.77. The van der Waals surface area contributed by atoms with Gasteiger partial charge in [-0.25, -0.2) is 0 Å². The monoisotopic (exact) mass is 218 g/mol. The quantitative estimate of drug-likeness (QED) is 0.435. The average molecular weight is 218 g/mol. The van der Waals surface area contributed by atoms with Crippen molar-refractivity contribution >= 4 is 11.4 Å². The van der Waals surface area contributed by atoms with E-state index in [0.717, 1.165) is 5.69 Å². The van der Waals surface area contributed by atoms with E-state index in [4.69, 9.17) is 0 Å². The summed E-state index contributed by atoms with van der Waals surface area (Å²) in [4.78, 5) is 12.6. The van der Waals surface area contributed by atoms with Crippen molar-refractivity contribution in [2.75, 3.05) is 4.90 Å². The number of nitro groups is 1. The second-order valence-corrected chi connectivity index (χ2v) is 4.60. The maximum Gasteiger partial charge on any atom is 0.269 e. The molecule has 1 aromatic carbocycles. The maximum atomic E-state index is 10.5. The van der Waals surface area contributed by atoms with Crippen LogP contribution in [0.4, 0.5) is 11.4 Å². The van der Waals surface area contributed by atoms with E-state index < -0.39 is 0 Å². The van der Waals surface area contributed by atoms with Crippen molar-refractivity contribution < 1.29 is 4.92 Å². The summed E-state index contributed by atoms with van der Waals surface area (Å²) in [6.45, 7) is 0. The van der Waals surface area contributed by atoms with E-state index in [1.165, 1.54) is 25.7 Å². The Labute approximate surface area is 94.0 Å². The predicted octanol–water partition coefficient (Wildman–Crippen LogP) is 2.73. The van der Waals surface area contributed by atoms with Crippen LogP contribution in [0.15, 0.2) is 24.3 Å². The molecule has 4 heteroatoms. The number of nitrogens with zero attached hydrogens (tertiary/aromatic N) is 2. The van der Waals surface area contributed by atoms with E-state index in [0.29, 0.717) is 12.1 Å². The Morgan fingerprint density at radius 1 is 1.12 bits per heavy atom. The third-order valence-electron chi connectivity index (χ3n) is 3.68. The van der Waals surface area contributed by atoms with E-state index in [9.17, 15) is 10.1 Å². The second kappa shape index (κ2) is 3.47. The van der Waals surface area contributed by atoms with Crippen LogP contribution >= 0.6 is 0 Å². The summed E-state index contributed by atoms with van der Waals surface area (Å²) in [5, 5.41) is 10.5. The molecule has 0 N–H and O–H groups in total. The first-order valence-electron chi connectivity index (χ1n) is 5.80. The minimum atomic E-state index is -0.348. The van der Waals surface area contributed by atoms with Gasteiger partial charge in [-0.15, -0.1) is 0 Å². The Balaban J connectivity index is 1.78. The van der Waals surface area contributed by atoms with Crippen molar-refractivity contribution in [3.8, 4) is 0 Å². The highest BCUT2D eigenvalue weighted by atomic mass is 16.6. The highest BCUT2D eigenvalue weighted by molar-refractivity contribution is 5.59. The summed E-state index contributed by atoms with van der Waals surface area (Å²) in [6, 6.07) is 8.34. The fourth-order valence-electron chi connectivity index (χ4n) is 2.83. The second-order valence-electron chi connectivity index (χ2n) is 4.60. The van der Waals surface area contributed by atoms with Gasteiger partial charge in [0.15, 0.2) is 0 Å². The number of rotatable bonds is 2. The van der Waals surface area contributed by atoms with E-state index in [-0.39, 0.29) is 10.6 Å². The summed E-state index contributed by atoms with van der Waals surface area (Å²) in [7, 11) is 0. The molecule has 3 rings (SSSR count). The molecule has 0 unspecified atom stereocenters. The van der Waals surface area contributed by atoms with Crippen molar-refractivity contribution in [1.82, 2.24) is 0 Å². The van der Waals surface area contributed by atoms with Crippen molar-refractivity contribution in [3.05, 3.63) is 34.4 Å². The lowest BCUT2D eigenvalue weighted by atomic mass is 10.0. The molecule has 0 amide bonds. The van der Waals surface area contributed by atoms with E-state index in [1.54, 1.807) is 12.1 Å². The fraction of sp³-hybridized carbons (Fsp3) is 0.500. The van der Waals surface area contributed by atoms with Gasteiger partial charge in [-0.3, -0.25) is 10.1 Å². The molecule has 0 bridgehead atoms. The number of fused-ring (bicyclic) bond motifs is 1.